The fourth-order valence-electron chi connectivity index (χ4n) is 1.64. The first-order chi connectivity index (χ1) is 8.53. The summed E-state index contributed by atoms with van der Waals surface area (Å²) < 4.78 is 0. The molecule has 1 atom stereocenters. The maximum Gasteiger partial charge on any atom is 0.166 e. The Labute approximate surface area is 110 Å². The van der Waals surface area contributed by atoms with Crippen LogP contribution in [-0.2, 0) is 9.59 Å². The van der Waals surface area contributed by atoms with Crippen molar-refractivity contribution in [2.45, 2.75) is 47.0 Å². The fourth-order valence-corrected chi connectivity index (χ4v) is 1.64. The first-order valence-corrected chi connectivity index (χ1v) is 6.63. The van der Waals surface area contributed by atoms with Crippen LogP contribution >= 0.6 is 0 Å². The highest BCUT2D eigenvalue weighted by atomic mass is 16.1. The fraction of sp³-hybridized carbons (Fsp3) is 0.500. The zero-order valence-corrected chi connectivity index (χ0v) is 12.0. The molecule has 0 radical (unpaired) electrons. The first-order valence-electron chi connectivity index (χ1n) is 6.63. The van der Waals surface area contributed by atoms with Crippen LogP contribution in [0.15, 0.2) is 36.0 Å². The summed E-state index contributed by atoms with van der Waals surface area (Å²) in [6, 6.07) is 0. The molecule has 0 N–H and O–H groups in total. The molecule has 0 aromatic rings. The zero-order valence-electron chi connectivity index (χ0n) is 12.0. The Hall–Kier alpha value is -1.44. The third kappa shape index (κ3) is 4.44. The number of hydrogen-bond acceptors (Lipinski definition) is 2. The van der Waals surface area contributed by atoms with Crippen molar-refractivity contribution in [3.63, 3.8) is 0 Å². The smallest absolute Gasteiger partial charge is 0.166 e. The molecule has 0 heterocycles. The summed E-state index contributed by atoms with van der Waals surface area (Å²) in [6.45, 7) is 11.3. The van der Waals surface area contributed by atoms with E-state index in [9.17, 15) is 9.59 Å². The molecular weight excluding hydrogens is 224 g/mol. The quantitative estimate of drug-likeness (QED) is 0.480. The van der Waals surface area contributed by atoms with Gasteiger partial charge in [-0.2, -0.15) is 0 Å². The molecule has 2 heteroatoms. The molecule has 0 aliphatic heterocycles. The Morgan fingerprint density at radius 3 is 2.17 bits per heavy atom. The molecular formula is C16H24O2. The lowest BCUT2D eigenvalue weighted by molar-refractivity contribution is -0.120. The minimum atomic E-state index is -0.0549. The van der Waals surface area contributed by atoms with Crippen LogP contribution < -0.4 is 0 Å². The molecule has 0 amide bonds. The van der Waals surface area contributed by atoms with Gasteiger partial charge in [-0.05, 0) is 12.8 Å². The van der Waals surface area contributed by atoms with Crippen molar-refractivity contribution in [1.29, 1.82) is 0 Å². The second-order valence-electron chi connectivity index (χ2n) is 4.29. The van der Waals surface area contributed by atoms with Crippen LogP contribution in [0.1, 0.15) is 47.0 Å². The SMILES string of the molecule is C=C/C=C(C(=O)CC)\C(=C/CC)C(=O)C(C)CC. The van der Waals surface area contributed by atoms with E-state index in [2.05, 4.69) is 6.58 Å². The molecule has 0 aromatic carbocycles. The monoisotopic (exact) mass is 248 g/mol. The molecule has 0 rings (SSSR count). The number of ketones is 2. The Kier molecular flexibility index (Phi) is 7.93. The predicted molar refractivity (Wildman–Crippen MR) is 76.4 cm³/mol. The van der Waals surface area contributed by atoms with Crippen molar-refractivity contribution in [3.8, 4) is 0 Å². The molecule has 0 saturated carbocycles. The molecule has 0 bridgehead atoms. The molecule has 0 aromatic heterocycles. The van der Waals surface area contributed by atoms with Gasteiger partial charge in [0.2, 0.25) is 0 Å². The van der Waals surface area contributed by atoms with Gasteiger partial charge in [-0.3, -0.25) is 9.59 Å². The summed E-state index contributed by atoms with van der Waals surface area (Å²) in [5, 5.41) is 0. The largest absolute Gasteiger partial charge is 0.294 e. The van der Waals surface area contributed by atoms with E-state index in [1.165, 1.54) is 0 Å². The van der Waals surface area contributed by atoms with Gasteiger partial charge in [-0.25, -0.2) is 0 Å². The number of hydrogen-bond donors (Lipinski definition) is 0. The van der Waals surface area contributed by atoms with Crippen LogP contribution in [0, 0.1) is 5.92 Å². The number of rotatable bonds is 8. The van der Waals surface area contributed by atoms with Crippen molar-refractivity contribution in [3.05, 3.63) is 36.0 Å². The maximum atomic E-state index is 12.3. The summed E-state index contributed by atoms with van der Waals surface area (Å²) in [5.41, 5.74) is 1.05. The molecule has 1 unspecified atom stereocenters. The van der Waals surface area contributed by atoms with Gasteiger partial charge in [-0.1, -0.05) is 52.5 Å². The van der Waals surface area contributed by atoms with Crippen molar-refractivity contribution in [1.82, 2.24) is 0 Å². The van der Waals surface area contributed by atoms with Crippen molar-refractivity contribution < 1.29 is 9.59 Å². The standard InChI is InChI=1S/C16H24O2/c1-6-10-13(15(17)9-4)14(11-7-2)16(18)12(5)8-3/h6,10-12H,1,7-9H2,2-5H3/b13-10+,14-11+. The molecule has 100 valence electrons. The predicted octanol–water partition coefficient (Wildman–Crippen LogP) is 4.03. The Balaban J connectivity index is 5.51. The van der Waals surface area contributed by atoms with E-state index in [0.29, 0.717) is 17.6 Å². The lowest BCUT2D eigenvalue weighted by Gasteiger charge is -2.13. The minimum Gasteiger partial charge on any atom is -0.294 e. The van der Waals surface area contributed by atoms with E-state index in [4.69, 9.17) is 0 Å². The number of carbonyl (C=O) groups is 2. The van der Waals surface area contributed by atoms with Crippen molar-refractivity contribution >= 4 is 11.6 Å². The van der Waals surface area contributed by atoms with Gasteiger partial charge < -0.3 is 0 Å². The Bertz CT molecular complexity index is 373. The number of carbonyl (C=O) groups excluding carboxylic acids is 2. The summed E-state index contributed by atoms with van der Waals surface area (Å²) in [7, 11) is 0. The molecule has 0 aliphatic carbocycles. The first kappa shape index (κ1) is 16.6. The van der Waals surface area contributed by atoms with Crippen LogP contribution in [0.2, 0.25) is 0 Å². The van der Waals surface area contributed by atoms with Crippen LogP contribution in [0.25, 0.3) is 0 Å². The molecule has 0 fully saturated rings. The molecule has 2 nitrogen and oxygen atoms in total. The topological polar surface area (TPSA) is 34.1 Å². The second-order valence-corrected chi connectivity index (χ2v) is 4.29. The van der Waals surface area contributed by atoms with Crippen LogP contribution in [0.5, 0.6) is 0 Å². The highest BCUT2D eigenvalue weighted by molar-refractivity contribution is 6.13. The van der Waals surface area contributed by atoms with Crippen molar-refractivity contribution in [2.24, 2.45) is 5.92 Å². The molecule has 18 heavy (non-hydrogen) atoms. The van der Waals surface area contributed by atoms with E-state index >= 15 is 0 Å². The highest BCUT2D eigenvalue weighted by Gasteiger charge is 2.22. The highest BCUT2D eigenvalue weighted by Crippen LogP contribution is 2.20. The number of allylic oxidation sites excluding steroid dienone is 5. The summed E-state index contributed by atoms with van der Waals surface area (Å²) in [5.74, 6) is -0.0128. The van der Waals surface area contributed by atoms with Crippen LogP contribution in [0.3, 0.4) is 0 Å². The Morgan fingerprint density at radius 2 is 1.78 bits per heavy atom. The third-order valence-electron chi connectivity index (χ3n) is 2.93. The van der Waals surface area contributed by atoms with Crippen LogP contribution in [-0.4, -0.2) is 11.6 Å². The summed E-state index contributed by atoms with van der Waals surface area (Å²) in [6.07, 6.45) is 6.97. The van der Waals surface area contributed by atoms with E-state index in [1.54, 1.807) is 19.1 Å². The maximum absolute atomic E-state index is 12.3. The summed E-state index contributed by atoms with van der Waals surface area (Å²) in [4.78, 5) is 24.2. The molecule has 0 saturated heterocycles. The van der Waals surface area contributed by atoms with Gasteiger partial charge >= 0.3 is 0 Å². The van der Waals surface area contributed by atoms with E-state index in [1.807, 2.05) is 26.8 Å². The lowest BCUT2D eigenvalue weighted by atomic mass is 9.88. The molecule has 0 spiro atoms. The Morgan fingerprint density at radius 1 is 1.17 bits per heavy atom. The average molecular weight is 248 g/mol. The lowest BCUT2D eigenvalue weighted by Crippen LogP contribution is -2.18. The van der Waals surface area contributed by atoms with Crippen LogP contribution in [0.4, 0.5) is 0 Å². The van der Waals surface area contributed by atoms with Gasteiger partial charge in [0.25, 0.3) is 0 Å². The van der Waals surface area contributed by atoms with Gasteiger partial charge in [0.1, 0.15) is 0 Å². The summed E-state index contributed by atoms with van der Waals surface area (Å²) >= 11 is 0. The minimum absolute atomic E-state index is 0.00810. The van der Waals surface area contributed by atoms with Gasteiger partial charge in [0.05, 0.1) is 0 Å². The van der Waals surface area contributed by atoms with E-state index in [0.717, 1.165) is 12.8 Å². The normalized spacial score (nSPS) is 14.2. The van der Waals surface area contributed by atoms with E-state index < -0.39 is 0 Å². The number of Topliss-reactive ketones (excluding diaryl/α,β-unsaturated/α-hetero) is 2. The zero-order chi connectivity index (χ0) is 14.1. The average Bonchev–Trinajstić information content (AvgIpc) is 2.40. The van der Waals surface area contributed by atoms with Gasteiger partial charge in [0, 0.05) is 23.5 Å². The third-order valence-corrected chi connectivity index (χ3v) is 2.93. The van der Waals surface area contributed by atoms with Crippen molar-refractivity contribution in [2.75, 3.05) is 0 Å². The molecule has 0 aliphatic rings. The second kappa shape index (κ2) is 8.62. The van der Waals surface area contributed by atoms with E-state index in [-0.39, 0.29) is 17.5 Å². The van der Waals surface area contributed by atoms with Gasteiger partial charge in [0.15, 0.2) is 11.6 Å². The van der Waals surface area contributed by atoms with Gasteiger partial charge in [-0.15, -0.1) is 0 Å².